The number of benzene rings is 1. The van der Waals surface area contributed by atoms with Crippen molar-refractivity contribution in [3.05, 3.63) is 28.8 Å². The van der Waals surface area contributed by atoms with Gasteiger partial charge in [-0.15, -0.1) is 0 Å². The topological polar surface area (TPSA) is 64.4 Å². The Labute approximate surface area is 118 Å². The lowest BCUT2D eigenvalue weighted by Crippen LogP contribution is -2.29. The third kappa shape index (κ3) is 4.11. The first-order valence-corrected chi connectivity index (χ1v) is 6.99. The van der Waals surface area contributed by atoms with Crippen LogP contribution in [0.25, 0.3) is 0 Å². The molecule has 1 aliphatic rings. The Morgan fingerprint density at radius 2 is 2.32 bits per heavy atom. The van der Waals surface area contributed by atoms with Gasteiger partial charge in [-0.1, -0.05) is 11.6 Å². The van der Waals surface area contributed by atoms with Crippen molar-refractivity contribution in [2.45, 2.75) is 31.8 Å². The minimum absolute atomic E-state index is 0.127. The summed E-state index contributed by atoms with van der Waals surface area (Å²) in [5.74, 6) is -0.127. The molecule has 0 spiro atoms. The van der Waals surface area contributed by atoms with Gasteiger partial charge < -0.3 is 15.8 Å². The van der Waals surface area contributed by atoms with Crippen molar-refractivity contribution in [2.75, 3.05) is 18.9 Å². The van der Waals surface area contributed by atoms with E-state index in [1.807, 2.05) is 0 Å². The molecule has 0 bridgehead atoms. The maximum absolute atomic E-state index is 11.9. The van der Waals surface area contributed by atoms with Crippen molar-refractivity contribution in [1.82, 2.24) is 5.32 Å². The molecule has 0 aromatic heterocycles. The standard InChI is InChI=1S/C14H19ClN2O2/c15-12-9-10(4-5-13(12)16)14(18)17-7-6-11-3-1-2-8-19-11/h4-5,9,11H,1-3,6-8,16H2,(H,17,18). The van der Waals surface area contributed by atoms with Crippen LogP contribution in [0.3, 0.4) is 0 Å². The quantitative estimate of drug-likeness (QED) is 0.835. The number of halogens is 1. The summed E-state index contributed by atoms with van der Waals surface area (Å²) in [5.41, 5.74) is 6.62. The third-order valence-electron chi connectivity index (χ3n) is 3.29. The zero-order valence-corrected chi connectivity index (χ0v) is 11.6. The second-order valence-electron chi connectivity index (χ2n) is 4.77. The van der Waals surface area contributed by atoms with E-state index in [0.29, 0.717) is 22.8 Å². The minimum atomic E-state index is -0.127. The van der Waals surface area contributed by atoms with Crippen LogP contribution in [0.4, 0.5) is 5.69 Å². The maximum Gasteiger partial charge on any atom is 0.251 e. The Hall–Kier alpha value is -1.26. The van der Waals surface area contributed by atoms with Crippen molar-refractivity contribution in [2.24, 2.45) is 0 Å². The molecule has 1 aromatic carbocycles. The number of nitrogen functional groups attached to an aromatic ring is 1. The molecule has 19 heavy (non-hydrogen) atoms. The van der Waals surface area contributed by atoms with Gasteiger partial charge in [-0.2, -0.15) is 0 Å². The van der Waals surface area contributed by atoms with E-state index in [2.05, 4.69) is 5.32 Å². The largest absolute Gasteiger partial charge is 0.398 e. The molecular weight excluding hydrogens is 264 g/mol. The molecule has 104 valence electrons. The summed E-state index contributed by atoms with van der Waals surface area (Å²) in [5, 5.41) is 3.28. The predicted octanol–water partition coefficient (Wildman–Crippen LogP) is 2.61. The molecular formula is C14H19ClN2O2. The van der Waals surface area contributed by atoms with Crippen molar-refractivity contribution >= 4 is 23.2 Å². The SMILES string of the molecule is Nc1ccc(C(=O)NCCC2CCCCO2)cc1Cl. The Bertz CT molecular complexity index is 445. The number of anilines is 1. The number of carbonyl (C=O) groups excluding carboxylic acids is 1. The summed E-state index contributed by atoms with van der Waals surface area (Å²) in [6.07, 6.45) is 4.58. The van der Waals surface area contributed by atoms with Crippen molar-refractivity contribution in [3.8, 4) is 0 Å². The van der Waals surface area contributed by atoms with E-state index in [9.17, 15) is 4.79 Å². The van der Waals surface area contributed by atoms with Crippen LogP contribution in [0.2, 0.25) is 5.02 Å². The average Bonchev–Trinajstić information content (AvgIpc) is 2.43. The molecule has 1 amide bonds. The summed E-state index contributed by atoms with van der Waals surface area (Å²) in [7, 11) is 0. The minimum Gasteiger partial charge on any atom is -0.398 e. The van der Waals surface area contributed by atoms with E-state index in [0.717, 1.165) is 25.9 Å². The van der Waals surface area contributed by atoms with E-state index in [-0.39, 0.29) is 12.0 Å². The van der Waals surface area contributed by atoms with Gasteiger partial charge in [-0.25, -0.2) is 0 Å². The Kier molecular flexibility index (Phi) is 5.05. The van der Waals surface area contributed by atoms with Crippen LogP contribution in [0, 0.1) is 0 Å². The molecule has 5 heteroatoms. The van der Waals surface area contributed by atoms with E-state index in [4.69, 9.17) is 22.1 Å². The maximum atomic E-state index is 11.9. The van der Waals surface area contributed by atoms with Gasteiger partial charge >= 0.3 is 0 Å². The van der Waals surface area contributed by atoms with Crippen LogP contribution in [0.5, 0.6) is 0 Å². The molecule has 2 rings (SSSR count). The molecule has 1 aliphatic heterocycles. The summed E-state index contributed by atoms with van der Waals surface area (Å²) < 4.78 is 5.61. The van der Waals surface area contributed by atoms with Gasteiger partial charge in [0.1, 0.15) is 0 Å². The Morgan fingerprint density at radius 1 is 1.47 bits per heavy atom. The third-order valence-corrected chi connectivity index (χ3v) is 3.62. The highest BCUT2D eigenvalue weighted by Gasteiger charge is 2.14. The number of rotatable bonds is 4. The fraction of sp³-hybridized carbons (Fsp3) is 0.500. The number of hydrogen-bond donors (Lipinski definition) is 2. The molecule has 1 atom stereocenters. The highest BCUT2D eigenvalue weighted by atomic mass is 35.5. The molecule has 0 radical (unpaired) electrons. The van der Waals surface area contributed by atoms with Crippen LogP contribution in [0.1, 0.15) is 36.0 Å². The van der Waals surface area contributed by atoms with Crippen LogP contribution < -0.4 is 11.1 Å². The van der Waals surface area contributed by atoms with Gasteiger partial charge in [0.25, 0.3) is 5.91 Å². The fourth-order valence-electron chi connectivity index (χ4n) is 2.15. The number of hydrogen-bond acceptors (Lipinski definition) is 3. The Balaban J connectivity index is 1.78. The van der Waals surface area contributed by atoms with Crippen molar-refractivity contribution in [3.63, 3.8) is 0 Å². The van der Waals surface area contributed by atoms with Crippen LogP contribution in [0.15, 0.2) is 18.2 Å². The lowest BCUT2D eigenvalue weighted by Gasteiger charge is -2.22. The second-order valence-corrected chi connectivity index (χ2v) is 5.18. The molecule has 1 unspecified atom stereocenters. The van der Waals surface area contributed by atoms with E-state index < -0.39 is 0 Å². The summed E-state index contributed by atoms with van der Waals surface area (Å²) >= 11 is 5.89. The molecule has 1 fully saturated rings. The molecule has 4 nitrogen and oxygen atoms in total. The second kappa shape index (κ2) is 6.78. The number of nitrogens with one attached hydrogen (secondary N) is 1. The monoisotopic (exact) mass is 282 g/mol. The highest BCUT2D eigenvalue weighted by Crippen LogP contribution is 2.19. The normalized spacial score (nSPS) is 19.1. The van der Waals surface area contributed by atoms with Crippen molar-refractivity contribution < 1.29 is 9.53 Å². The highest BCUT2D eigenvalue weighted by molar-refractivity contribution is 6.33. The first kappa shape index (κ1) is 14.2. The van der Waals surface area contributed by atoms with Gasteiger partial charge in [0.05, 0.1) is 16.8 Å². The zero-order chi connectivity index (χ0) is 13.7. The summed E-state index contributed by atoms with van der Waals surface area (Å²) in [4.78, 5) is 11.9. The number of amides is 1. The van der Waals surface area contributed by atoms with Gasteiger partial charge in [-0.05, 0) is 43.9 Å². The van der Waals surface area contributed by atoms with Crippen LogP contribution in [-0.2, 0) is 4.74 Å². The lowest BCUT2D eigenvalue weighted by molar-refractivity contribution is 0.0117. The first-order valence-electron chi connectivity index (χ1n) is 6.61. The smallest absolute Gasteiger partial charge is 0.251 e. The Morgan fingerprint density at radius 3 is 3.00 bits per heavy atom. The summed E-state index contributed by atoms with van der Waals surface area (Å²) in [6, 6.07) is 4.90. The van der Waals surface area contributed by atoms with Crippen LogP contribution in [-0.4, -0.2) is 25.2 Å². The van der Waals surface area contributed by atoms with E-state index in [1.165, 1.54) is 6.42 Å². The molecule has 0 aliphatic carbocycles. The number of ether oxygens (including phenoxy) is 1. The zero-order valence-electron chi connectivity index (χ0n) is 10.8. The van der Waals surface area contributed by atoms with Gasteiger partial charge in [-0.3, -0.25) is 4.79 Å². The molecule has 1 saturated heterocycles. The summed E-state index contributed by atoms with van der Waals surface area (Å²) in [6.45, 7) is 1.46. The van der Waals surface area contributed by atoms with Gasteiger partial charge in [0.2, 0.25) is 0 Å². The number of nitrogens with two attached hydrogens (primary N) is 1. The van der Waals surface area contributed by atoms with Crippen molar-refractivity contribution in [1.29, 1.82) is 0 Å². The fourth-order valence-corrected chi connectivity index (χ4v) is 2.33. The van der Waals surface area contributed by atoms with E-state index >= 15 is 0 Å². The number of carbonyl (C=O) groups is 1. The van der Waals surface area contributed by atoms with Gasteiger partial charge in [0, 0.05) is 18.7 Å². The molecule has 0 saturated carbocycles. The van der Waals surface area contributed by atoms with E-state index in [1.54, 1.807) is 18.2 Å². The first-order chi connectivity index (χ1) is 9.16. The van der Waals surface area contributed by atoms with Gasteiger partial charge in [0.15, 0.2) is 0 Å². The average molecular weight is 283 g/mol. The molecule has 1 aromatic rings. The lowest BCUT2D eigenvalue weighted by atomic mass is 10.1. The molecule has 3 N–H and O–H groups in total. The van der Waals surface area contributed by atoms with Crippen LogP contribution >= 0.6 is 11.6 Å². The molecule has 1 heterocycles. The predicted molar refractivity (Wildman–Crippen MR) is 76.4 cm³/mol.